The molecule has 0 spiro atoms. The predicted octanol–water partition coefficient (Wildman–Crippen LogP) is 2.33. The number of benzene rings is 1. The first-order valence-electron chi connectivity index (χ1n) is 6.66. The summed E-state index contributed by atoms with van der Waals surface area (Å²) in [5, 5.41) is 10.3. The van der Waals surface area contributed by atoms with E-state index in [-0.39, 0.29) is 11.9 Å². The largest absolute Gasteiger partial charge is 0.392 e. The smallest absolute Gasteiger partial charge is 0.132 e. The van der Waals surface area contributed by atoms with E-state index < -0.39 is 0 Å². The minimum absolute atomic E-state index is 0.231. The maximum absolute atomic E-state index is 13.7. The van der Waals surface area contributed by atoms with Crippen molar-refractivity contribution in [1.82, 2.24) is 9.88 Å². The zero-order valence-electron chi connectivity index (χ0n) is 10.7. The molecule has 0 radical (unpaired) electrons. The van der Waals surface area contributed by atoms with Gasteiger partial charge >= 0.3 is 0 Å². The molecule has 2 heterocycles. The van der Waals surface area contributed by atoms with Gasteiger partial charge in [-0.1, -0.05) is 6.07 Å². The molecule has 0 amide bonds. The number of β-amino-alcohol motifs (C(OH)–C–C–N with tert-alkyl or cyclic N) is 1. The Hall–Kier alpha value is -1.52. The number of aliphatic hydroxyl groups is 1. The molecular weight excluding hydrogens is 243 g/mol. The van der Waals surface area contributed by atoms with Gasteiger partial charge in [-0.2, -0.15) is 0 Å². The average Bonchev–Trinajstić information content (AvgIpc) is 2.42. The summed E-state index contributed by atoms with van der Waals surface area (Å²) in [6, 6.07) is 6.80. The Labute approximate surface area is 111 Å². The lowest BCUT2D eigenvalue weighted by molar-refractivity contribution is 0.0670. The maximum atomic E-state index is 13.7. The van der Waals surface area contributed by atoms with Gasteiger partial charge in [-0.25, -0.2) is 4.39 Å². The molecule has 1 aliphatic heterocycles. The second-order valence-electron chi connectivity index (χ2n) is 5.14. The number of rotatable bonds is 2. The van der Waals surface area contributed by atoms with Crippen molar-refractivity contribution >= 4 is 10.9 Å². The minimum Gasteiger partial charge on any atom is -0.392 e. The van der Waals surface area contributed by atoms with E-state index in [0.29, 0.717) is 18.5 Å². The lowest BCUT2D eigenvalue weighted by atomic mass is 10.1. The van der Waals surface area contributed by atoms with Crippen LogP contribution in [0.4, 0.5) is 4.39 Å². The Balaban J connectivity index is 1.90. The number of pyridine rings is 1. The number of hydrogen-bond donors (Lipinski definition) is 1. The molecule has 1 aliphatic rings. The summed E-state index contributed by atoms with van der Waals surface area (Å²) in [7, 11) is 0. The topological polar surface area (TPSA) is 36.4 Å². The van der Waals surface area contributed by atoms with E-state index in [9.17, 15) is 9.50 Å². The van der Waals surface area contributed by atoms with E-state index in [2.05, 4.69) is 9.88 Å². The van der Waals surface area contributed by atoms with E-state index in [1.165, 1.54) is 6.07 Å². The van der Waals surface area contributed by atoms with Gasteiger partial charge in [0.25, 0.3) is 0 Å². The second kappa shape index (κ2) is 5.23. The third-order valence-corrected chi connectivity index (χ3v) is 3.67. The first-order chi connectivity index (χ1) is 9.24. The second-order valence-corrected chi connectivity index (χ2v) is 5.14. The Morgan fingerprint density at radius 2 is 2.26 bits per heavy atom. The van der Waals surface area contributed by atoms with E-state index in [0.717, 1.165) is 30.5 Å². The normalized spacial score (nSPS) is 20.8. The van der Waals surface area contributed by atoms with Gasteiger partial charge in [0.2, 0.25) is 0 Å². The van der Waals surface area contributed by atoms with E-state index in [1.54, 1.807) is 24.4 Å². The van der Waals surface area contributed by atoms with Gasteiger partial charge in [0.15, 0.2) is 0 Å². The Morgan fingerprint density at radius 3 is 3.11 bits per heavy atom. The highest BCUT2D eigenvalue weighted by Gasteiger charge is 2.18. The molecule has 0 bridgehead atoms. The first-order valence-corrected chi connectivity index (χ1v) is 6.66. The highest BCUT2D eigenvalue weighted by molar-refractivity contribution is 5.82. The summed E-state index contributed by atoms with van der Waals surface area (Å²) in [5.41, 5.74) is 1.74. The number of likely N-dealkylation sites (tertiary alicyclic amines) is 1. The molecule has 0 unspecified atom stereocenters. The molecule has 2 aromatic rings. The molecule has 1 N–H and O–H groups in total. The number of aliphatic hydroxyl groups excluding tert-OH is 1. The van der Waals surface area contributed by atoms with Crippen molar-refractivity contribution in [2.24, 2.45) is 0 Å². The SMILES string of the molecule is O[C@@H]1CCCN(Cc2ccc(F)c3cccnc23)C1. The van der Waals surface area contributed by atoms with E-state index in [1.807, 2.05) is 0 Å². The van der Waals surface area contributed by atoms with Crippen LogP contribution in [0.15, 0.2) is 30.5 Å². The highest BCUT2D eigenvalue weighted by Crippen LogP contribution is 2.22. The Bertz CT molecular complexity index is 587. The number of hydrogen-bond acceptors (Lipinski definition) is 3. The molecule has 1 fully saturated rings. The van der Waals surface area contributed by atoms with Crippen molar-refractivity contribution in [3.05, 3.63) is 41.8 Å². The van der Waals surface area contributed by atoms with Gasteiger partial charge in [0, 0.05) is 24.7 Å². The van der Waals surface area contributed by atoms with Gasteiger partial charge in [-0.15, -0.1) is 0 Å². The van der Waals surface area contributed by atoms with Crippen molar-refractivity contribution < 1.29 is 9.50 Å². The standard InChI is InChI=1S/C15H17FN2O/c16-14-6-5-11(15-13(14)4-1-7-17-15)9-18-8-2-3-12(19)10-18/h1,4-7,12,19H,2-3,8-10H2/t12-/m1/s1. The lowest BCUT2D eigenvalue weighted by Gasteiger charge is -2.30. The van der Waals surface area contributed by atoms with E-state index >= 15 is 0 Å². The minimum atomic E-state index is -0.242. The molecule has 1 atom stereocenters. The Morgan fingerprint density at radius 1 is 1.37 bits per heavy atom. The molecule has 0 aliphatic carbocycles. The van der Waals surface area contributed by atoms with Crippen LogP contribution in [0.1, 0.15) is 18.4 Å². The van der Waals surface area contributed by atoms with Crippen molar-refractivity contribution in [3.63, 3.8) is 0 Å². The summed E-state index contributed by atoms with van der Waals surface area (Å²) < 4.78 is 13.7. The van der Waals surface area contributed by atoms with Gasteiger partial charge in [0.05, 0.1) is 11.6 Å². The van der Waals surface area contributed by atoms with Gasteiger partial charge < -0.3 is 5.11 Å². The van der Waals surface area contributed by atoms with Gasteiger partial charge in [0.1, 0.15) is 5.82 Å². The van der Waals surface area contributed by atoms with Crippen molar-refractivity contribution in [1.29, 1.82) is 0 Å². The van der Waals surface area contributed by atoms with Crippen LogP contribution in [0.5, 0.6) is 0 Å². The first kappa shape index (κ1) is 12.5. The van der Waals surface area contributed by atoms with Crippen molar-refractivity contribution in [2.45, 2.75) is 25.5 Å². The predicted molar refractivity (Wildman–Crippen MR) is 72.2 cm³/mol. The molecule has 100 valence electrons. The quantitative estimate of drug-likeness (QED) is 0.900. The van der Waals surface area contributed by atoms with Crippen LogP contribution >= 0.6 is 0 Å². The number of fused-ring (bicyclic) bond motifs is 1. The van der Waals surface area contributed by atoms with E-state index in [4.69, 9.17) is 0 Å². The number of piperidine rings is 1. The summed E-state index contributed by atoms with van der Waals surface area (Å²) in [5.74, 6) is -0.231. The summed E-state index contributed by atoms with van der Waals surface area (Å²) >= 11 is 0. The highest BCUT2D eigenvalue weighted by atomic mass is 19.1. The molecule has 1 aromatic carbocycles. The molecule has 1 aromatic heterocycles. The lowest BCUT2D eigenvalue weighted by Crippen LogP contribution is -2.37. The maximum Gasteiger partial charge on any atom is 0.132 e. The van der Waals surface area contributed by atoms with Gasteiger partial charge in [-0.05, 0) is 43.1 Å². The van der Waals surface area contributed by atoms with Crippen molar-refractivity contribution in [2.75, 3.05) is 13.1 Å². The number of nitrogens with zero attached hydrogens (tertiary/aromatic N) is 2. The molecule has 3 rings (SSSR count). The third-order valence-electron chi connectivity index (χ3n) is 3.67. The van der Waals surface area contributed by atoms with Crippen LogP contribution in [-0.2, 0) is 6.54 Å². The molecular formula is C15H17FN2O. The Kier molecular flexibility index (Phi) is 3.44. The van der Waals surface area contributed by atoms with Crippen LogP contribution in [0, 0.1) is 5.82 Å². The molecule has 3 nitrogen and oxygen atoms in total. The van der Waals surface area contributed by atoms with Crippen LogP contribution in [0.2, 0.25) is 0 Å². The number of aromatic nitrogens is 1. The zero-order chi connectivity index (χ0) is 13.2. The van der Waals surface area contributed by atoms with Crippen LogP contribution < -0.4 is 0 Å². The fraction of sp³-hybridized carbons (Fsp3) is 0.400. The fourth-order valence-electron chi connectivity index (χ4n) is 2.74. The number of halogens is 1. The van der Waals surface area contributed by atoms with Crippen LogP contribution in [-0.4, -0.2) is 34.2 Å². The summed E-state index contributed by atoms with van der Waals surface area (Å²) in [4.78, 5) is 6.50. The zero-order valence-corrected chi connectivity index (χ0v) is 10.7. The molecule has 4 heteroatoms. The molecule has 0 saturated carbocycles. The third kappa shape index (κ3) is 2.60. The average molecular weight is 260 g/mol. The summed E-state index contributed by atoms with van der Waals surface area (Å²) in [6.07, 6.45) is 3.33. The van der Waals surface area contributed by atoms with Crippen LogP contribution in [0.3, 0.4) is 0 Å². The molecule has 19 heavy (non-hydrogen) atoms. The monoisotopic (exact) mass is 260 g/mol. The fourth-order valence-corrected chi connectivity index (χ4v) is 2.74. The van der Waals surface area contributed by atoms with Gasteiger partial charge in [-0.3, -0.25) is 9.88 Å². The van der Waals surface area contributed by atoms with Crippen molar-refractivity contribution in [3.8, 4) is 0 Å². The summed E-state index contributed by atoms with van der Waals surface area (Å²) in [6.45, 7) is 2.37. The molecule has 1 saturated heterocycles. The van der Waals surface area contributed by atoms with Crippen LogP contribution in [0.25, 0.3) is 10.9 Å².